The van der Waals surface area contributed by atoms with Crippen LogP contribution in [0.3, 0.4) is 0 Å². The number of nitrogens with zero attached hydrogens (tertiary/aromatic N) is 4. The summed E-state index contributed by atoms with van der Waals surface area (Å²) in [6.45, 7) is 3.21. The molecule has 1 fully saturated rings. The molecule has 0 saturated carbocycles. The van der Waals surface area contributed by atoms with Crippen LogP contribution in [0, 0.1) is 0 Å². The van der Waals surface area contributed by atoms with Crippen molar-refractivity contribution in [2.45, 2.75) is 31.2 Å². The first-order valence-electron chi connectivity index (χ1n) is 12.2. The molecule has 6 rings (SSSR count). The number of benzene rings is 2. The maximum Gasteiger partial charge on any atom is 0.410 e. The number of fused-ring (bicyclic) bond motifs is 2. The van der Waals surface area contributed by atoms with Crippen LogP contribution in [0.1, 0.15) is 40.0 Å². The van der Waals surface area contributed by atoms with Gasteiger partial charge in [0.1, 0.15) is 11.4 Å². The van der Waals surface area contributed by atoms with Crippen molar-refractivity contribution in [3.8, 4) is 11.5 Å². The number of carbonyl (C=O) groups excluding carboxylic acids is 1. The van der Waals surface area contributed by atoms with Crippen LogP contribution >= 0.6 is 0 Å². The fourth-order valence-corrected chi connectivity index (χ4v) is 5.19. The van der Waals surface area contributed by atoms with E-state index in [4.69, 9.17) is 9.47 Å². The second-order valence-electron chi connectivity index (χ2n) is 9.51. The number of carbonyl (C=O) groups is 1. The lowest BCUT2D eigenvalue weighted by Gasteiger charge is -2.36. The normalized spacial score (nSPS) is 21.4. The lowest BCUT2D eigenvalue weighted by Crippen LogP contribution is -2.48. The molecule has 0 bridgehead atoms. The van der Waals surface area contributed by atoms with E-state index >= 15 is 0 Å². The molecule has 37 heavy (non-hydrogen) atoms. The lowest BCUT2D eigenvalue weighted by atomic mass is 9.96. The summed E-state index contributed by atoms with van der Waals surface area (Å²) in [6, 6.07) is 12.7. The highest BCUT2D eigenvalue weighted by molar-refractivity contribution is 5.99. The minimum absolute atomic E-state index is 0.0755. The first kappa shape index (κ1) is 23.7. The van der Waals surface area contributed by atoms with Gasteiger partial charge in [0.25, 0.3) is 5.91 Å². The van der Waals surface area contributed by atoms with Gasteiger partial charge in [-0.15, -0.1) is 0 Å². The van der Waals surface area contributed by atoms with E-state index in [0.29, 0.717) is 43.2 Å². The quantitative estimate of drug-likeness (QED) is 0.563. The maximum absolute atomic E-state index is 14.1. The standard InChI is InChI=1S/C26H26F3N5O3/c27-26(28,29)23-13-20(18-6-7-21-22(12-18)37-16-36-21)31-24-19(14-30-34(23)24)25(35)33-10-8-32(9-11-33)15-17-4-2-1-3-5-17/h1-7,12,14,20,23,31H,8-11,13,15-16H2/t20-,23+/m0/s1. The van der Waals surface area contributed by atoms with Gasteiger partial charge in [-0.25, -0.2) is 4.68 Å². The zero-order valence-electron chi connectivity index (χ0n) is 19.9. The average molecular weight is 514 g/mol. The first-order valence-corrected chi connectivity index (χ1v) is 12.2. The van der Waals surface area contributed by atoms with Crippen LogP contribution in [0.4, 0.5) is 19.0 Å². The zero-order chi connectivity index (χ0) is 25.6. The van der Waals surface area contributed by atoms with E-state index in [2.05, 4.69) is 27.4 Å². The van der Waals surface area contributed by atoms with Crippen molar-refractivity contribution in [1.29, 1.82) is 0 Å². The molecule has 1 amide bonds. The molecular formula is C26H26F3N5O3. The zero-order valence-corrected chi connectivity index (χ0v) is 19.9. The first-order chi connectivity index (χ1) is 17.9. The van der Waals surface area contributed by atoms with Crippen molar-refractivity contribution < 1.29 is 27.4 Å². The Morgan fingerprint density at radius 2 is 1.78 bits per heavy atom. The van der Waals surface area contributed by atoms with Crippen LogP contribution < -0.4 is 14.8 Å². The van der Waals surface area contributed by atoms with Crippen LogP contribution in [0.5, 0.6) is 11.5 Å². The topological polar surface area (TPSA) is 71.9 Å². The number of amides is 1. The molecule has 1 saturated heterocycles. The summed E-state index contributed by atoms with van der Waals surface area (Å²) < 4.78 is 53.9. The minimum atomic E-state index is -4.53. The van der Waals surface area contributed by atoms with E-state index in [1.165, 1.54) is 11.8 Å². The molecule has 1 N–H and O–H groups in total. The molecule has 11 heteroatoms. The van der Waals surface area contributed by atoms with E-state index in [-0.39, 0.29) is 30.5 Å². The van der Waals surface area contributed by atoms with Crippen molar-refractivity contribution >= 4 is 11.7 Å². The molecule has 3 aromatic rings. The van der Waals surface area contributed by atoms with E-state index in [1.807, 2.05) is 18.2 Å². The number of hydrogen-bond donors (Lipinski definition) is 1. The van der Waals surface area contributed by atoms with Crippen LogP contribution in [-0.2, 0) is 6.54 Å². The lowest BCUT2D eigenvalue weighted by molar-refractivity contribution is -0.173. The van der Waals surface area contributed by atoms with E-state index < -0.39 is 18.3 Å². The summed E-state index contributed by atoms with van der Waals surface area (Å²) in [4.78, 5) is 17.4. The third kappa shape index (κ3) is 4.59. The number of halogens is 3. The van der Waals surface area contributed by atoms with Gasteiger partial charge in [0.05, 0.1) is 12.2 Å². The Hall–Kier alpha value is -3.73. The number of hydrogen-bond acceptors (Lipinski definition) is 6. The van der Waals surface area contributed by atoms with Gasteiger partial charge in [-0.05, 0) is 23.3 Å². The Balaban J connectivity index is 1.21. The molecule has 2 atom stereocenters. The highest BCUT2D eigenvalue weighted by Gasteiger charge is 2.47. The Kier molecular flexibility index (Phi) is 5.94. The summed E-state index contributed by atoms with van der Waals surface area (Å²) >= 11 is 0. The van der Waals surface area contributed by atoms with Crippen LogP contribution in [-0.4, -0.2) is 64.6 Å². The van der Waals surface area contributed by atoms with Gasteiger partial charge in [0, 0.05) is 39.1 Å². The van der Waals surface area contributed by atoms with Gasteiger partial charge in [0.2, 0.25) is 6.79 Å². The number of aromatic nitrogens is 2. The summed E-state index contributed by atoms with van der Waals surface area (Å²) in [7, 11) is 0. The van der Waals surface area contributed by atoms with Gasteiger partial charge in [-0.2, -0.15) is 18.3 Å². The predicted molar refractivity (Wildman–Crippen MR) is 128 cm³/mol. The number of piperazine rings is 1. The monoisotopic (exact) mass is 513 g/mol. The molecule has 0 spiro atoms. The number of anilines is 1. The molecule has 8 nitrogen and oxygen atoms in total. The molecular weight excluding hydrogens is 487 g/mol. The van der Waals surface area contributed by atoms with Crippen molar-refractivity contribution in [2.24, 2.45) is 0 Å². The van der Waals surface area contributed by atoms with Crippen LogP contribution in [0.15, 0.2) is 54.7 Å². The van der Waals surface area contributed by atoms with Gasteiger partial charge >= 0.3 is 6.18 Å². The van der Waals surface area contributed by atoms with Gasteiger partial charge < -0.3 is 19.7 Å². The number of nitrogens with one attached hydrogen (secondary N) is 1. The van der Waals surface area contributed by atoms with Gasteiger partial charge in [0.15, 0.2) is 17.5 Å². The van der Waals surface area contributed by atoms with E-state index in [0.717, 1.165) is 11.2 Å². The number of ether oxygens (including phenoxy) is 2. The number of rotatable bonds is 4. The second kappa shape index (κ2) is 9.29. The molecule has 1 aromatic heterocycles. The highest BCUT2D eigenvalue weighted by Crippen LogP contribution is 2.46. The summed E-state index contributed by atoms with van der Waals surface area (Å²) in [6.07, 6.45) is -3.54. The van der Waals surface area contributed by atoms with Crippen molar-refractivity contribution in [1.82, 2.24) is 19.6 Å². The Morgan fingerprint density at radius 3 is 2.54 bits per heavy atom. The maximum atomic E-state index is 14.1. The molecule has 2 aromatic carbocycles. The van der Waals surface area contributed by atoms with E-state index in [1.54, 1.807) is 23.1 Å². The van der Waals surface area contributed by atoms with Crippen molar-refractivity contribution in [3.63, 3.8) is 0 Å². The summed E-state index contributed by atoms with van der Waals surface area (Å²) in [5.74, 6) is 0.819. The minimum Gasteiger partial charge on any atom is -0.454 e. The summed E-state index contributed by atoms with van der Waals surface area (Å²) in [5.41, 5.74) is 1.97. The highest BCUT2D eigenvalue weighted by atomic mass is 19.4. The molecule has 4 heterocycles. The molecule has 3 aliphatic heterocycles. The van der Waals surface area contributed by atoms with Crippen LogP contribution in [0.25, 0.3) is 0 Å². The molecule has 0 unspecified atom stereocenters. The molecule has 0 aliphatic carbocycles. The van der Waals surface area contributed by atoms with Crippen LogP contribution in [0.2, 0.25) is 0 Å². The van der Waals surface area contributed by atoms with Crippen molar-refractivity contribution in [2.75, 3.05) is 38.3 Å². The van der Waals surface area contributed by atoms with Crippen molar-refractivity contribution in [3.05, 3.63) is 71.4 Å². The molecule has 0 radical (unpaired) electrons. The number of alkyl halides is 3. The Labute approximate surface area is 211 Å². The third-order valence-corrected chi connectivity index (χ3v) is 7.18. The predicted octanol–water partition coefficient (Wildman–Crippen LogP) is 4.23. The Morgan fingerprint density at radius 1 is 1.03 bits per heavy atom. The largest absolute Gasteiger partial charge is 0.454 e. The fraction of sp³-hybridized carbons (Fsp3) is 0.385. The van der Waals surface area contributed by atoms with Gasteiger partial charge in [-0.1, -0.05) is 36.4 Å². The smallest absolute Gasteiger partial charge is 0.410 e. The SMILES string of the molecule is O=C(c1cnn2c1N[C@H](c1ccc3c(c1)OCO3)C[C@@H]2C(F)(F)F)N1CCN(Cc2ccccc2)CC1. The molecule has 3 aliphatic rings. The fourth-order valence-electron chi connectivity index (χ4n) is 5.19. The Bertz CT molecular complexity index is 1290. The average Bonchev–Trinajstić information content (AvgIpc) is 3.55. The molecule has 194 valence electrons. The van der Waals surface area contributed by atoms with Gasteiger partial charge in [-0.3, -0.25) is 9.69 Å². The van der Waals surface area contributed by atoms with E-state index in [9.17, 15) is 18.0 Å². The third-order valence-electron chi connectivity index (χ3n) is 7.18. The summed E-state index contributed by atoms with van der Waals surface area (Å²) in [5, 5.41) is 7.17. The second-order valence-corrected chi connectivity index (χ2v) is 9.51.